The van der Waals surface area contributed by atoms with Gasteiger partial charge in [0.2, 0.25) is 5.91 Å². The smallest absolute Gasteiger partial charge is 0.408 e. The summed E-state index contributed by atoms with van der Waals surface area (Å²) in [6.45, 7) is 5.76. The number of amides is 2. The molecule has 1 aromatic carbocycles. The third-order valence-electron chi connectivity index (χ3n) is 4.01. The molecule has 2 N–H and O–H groups in total. The average molecular weight is 385 g/mol. The topological polar surface area (TPSA) is 82.1 Å². The summed E-state index contributed by atoms with van der Waals surface area (Å²) in [5.41, 5.74) is -0.452. The maximum absolute atomic E-state index is 13.9. The van der Waals surface area contributed by atoms with E-state index in [0.717, 1.165) is 6.07 Å². The summed E-state index contributed by atoms with van der Waals surface area (Å²) in [4.78, 5) is 27.6. The van der Waals surface area contributed by atoms with Crippen LogP contribution in [0.15, 0.2) is 18.2 Å². The molecule has 1 fully saturated rings. The number of benzene rings is 1. The lowest BCUT2D eigenvalue weighted by Crippen LogP contribution is -2.56. The molecule has 0 bridgehead atoms. The molecule has 0 spiro atoms. The summed E-state index contributed by atoms with van der Waals surface area (Å²) >= 11 is 0. The highest BCUT2D eigenvalue weighted by Gasteiger charge is 2.30. The van der Waals surface area contributed by atoms with Crippen LogP contribution in [0.1, 0.15) is 20.8 Å². The number of piperazine rings is 1. The SMILES string of the molecule is CC(C)(C)OC(=O)NC(CO)C(=O)N1CCN(c2ccc(F)cc2F)CC1. The summed E-state index contributed by atoms with van der Waals surface area (Å²) < 4.78 is 32.0. The highest BCUT2D eigenvalue weighted by atomic mass is 19.1. The van der Waals surface area contributed by atoms with E-state index in [1.165, 1.54) is 17.0 Å². The van der Waals surface area contributed by atoms with Gasteiger partial charge in [-0.05, 0) is 32.9 Å². The minimum Gasteiger partial charge on any atom is -0.444 e. The van der Waals surface area contributed by atoms with Crippen molar-refractivity contribution in [2.24, 2.45) is 0 Å². The molecule has 150 valence electrons. The molecular weight excluding hydrogens is 360 g/mol. The first-order valence-electron chi connectivity index (χ1n) is 8.70. The van der Waals surface area contributed by atoms with E-state index in [2.05, 4.69) is 5.32 Å². The van der Waals surface area contributed by atoms with Crippen LogP contribution in [0, 0.1) is 11.6 Å². The maximum Gasteiger partial charge on any atom is 0.408 e. The molecule has 1 atom stereocenters. The lowest BCUT2D eigenvalue weighted by molar-refractivity contribution is -0.134. The average Bonchev–Trinajstić information content (AvgIpc) is 2.58. The number of alkyl carbamates (subject to hydrolysis) is 1. The van der Waals surface area contributed by atoms with E-state index < -0.39 is 41.9 Å². The minimum absolute atomic E-state index is 0.272. The number of halogens is 2. The fourth-order valence-electron chi connectivity index (χ4n) is 2.76. The van der Waals surface area contributed by atoms with Crippen molar-refractivity contribution >= 4 is 17.7 Å². The van der Waals surface area contributed by atoms with E-state index >= 15 is 0 Å². The highest BCUT2D eigenvalue weighted by molar-refractivity contribution is 5.86. The van der Waals surface area contributed by atoms with Crippen LogP contribution >= 0.6 is 0 Å². The van der Waals surface area contributed by atoms with Gasteiger partial charge in [0.25, 0.3) is 0 Å². The van der Waals surface area contributed by atoms with Crippen molar-refractivity contribution < 1.29 is 28.2 Å². The van der Waals surface area contributed by atoms with Gasteiger partial charge in [-0.15, -0.1) is 0 Å². The molecule has 1 heterocycles. The predicted molar refractivity (Wildman–Crippen MR) is 95.4 cm³/mol. The van der Waals surface area contributed by atoms with E-state index in [9.17, 15) is 23.5 Å². The monoisotopic (exact) mass is 385 g/mol. The van der Waals surface area contributed by atoms with Crippen LogP contribution in [0.5, 0.6) is 0 Å². The van der Waals surface area contributed by atoms with Crippen LogP contribution in [0.4, 0.5) is 19.3 Å². The quantitative estimate of drug-likeness (QED) is 0.821. The molecule has 0 radical (unpaired) electrons. The second-order valence-electron chi connectivity index (χ2n) is 7.29. The van der Waals surface area contributed by atoms with Crippen molar-refractivity contribution in [1.29, 1.82) is 0 Å². The van der Waals surface area contributed by atoms with Gasteiger partial charge in [-0.2, -0.15) is 0 Å². The zero-order valence-corrected chi connectivity index (χ0v) is 15.7. The molecule has 7 nitrogen and oxygen atoms in total. The summed E-state index contributed by atoms with van der Waals surface area (Å²) in [6.07, 6.45) is -0.790. The lowest BCUT2D eigenvalue weighted by atomic mass is 10.2. The predicted octanol–water partition coefficient (Wildman–Crippen LogP) is 1.50. The molecular formula is C18H25F2N3O4. The van der Waals surface area contributed by atoms with Gasteiger partial charge in [0.15, 0.2) is 0 Å². The summed E-state index contributed by atoms with van der Waals surface area (Å²) in [7, 11) is 0. The molecule has 1 saturated heterocycles. The molecule has 1 aliphatic heterocycles. The van der Waals surface area contributed by atoms with Gasteiger partial charge in [-0.3, -0.25) is 4.79 Å². The normalized spacial score (nSPS) is 16.1. The third-order valence-corrected chi connectivity index (χ3v) is 4.01. The summed E-state index contributed by atoms with van der Waals surface area (Å²) in [6, 6.07) is 2.25. The van der Waals surface area contributed by atoms with Crippen LogP contribution in [-0.2, 0) is 9.53 Å². The van der Waals surface area contributed by atoms with Crippen molar-refractivity contribution in [3.8, 4) is 0 Å². The van der Waals surface area contributed by atoms with Gasteiger partial charge in [0.1, 0.15) is 23.3 Å². The molecule has 27 heavy (non-hydrogen) atoms. The first kappa shape index (κ1) is 20.9. The largest absolute Gasteiger partial charge is 0.444 e. The Morgan fingerprint density at radius 3 is 2.37 bits per heavy atom. The Morgan fingerprint density at radius 1 is 1.22 bits per heavy atom. The number of hydrogen-bond donors (Lipinski definition) is 2. The van der Waals surface area contributed by atoms with Crippen molar-refractivity contribution in [1.82, 2.24) is 10.2 Å². The Kier molecular flexibility index (Phi) is 6.59. The van der Waals surface area contributed by atoms with Gasteiger partial charge in [-0.25, -0.2) is 13.6 Å². The summed E-state index contributed by atoms with van der Waals surface area (Å²) in [5.74, 6) is -1.75. The van der Waals surface area contributed by atoms with E-state index in [1.807, 2.05) is 0 Å². The van der Waals surface area contributed by atoms with Crippen molar-refractivity contribution in [3.05, 3.63) is 29.8 Å². The number of nitrogens with one attached hydrogen (secondary N) is 1. The number of ether oxygens (including phenoxy) is 1. The molecule has 2 rings (SSSR count). The minimum atomic E-state index is -1.12. The number of nitrogens with zero attached hydrogens (tertiary/aromatic N) is 2. The van der Waals surface area contributed by atoms with Crippen LogP contribution in [0.2, 0.25) is 0 Å². The number of anilines is 1. The van der Waals surface area contributed by atoms with E-state index in [0.29, 0.717) is 13.1 Å². The van der Waals surface area contributed by atoms with Gasteiger partial charge in [0.05, 0.1) is 12.3 Å². The van der Waals surface area contributed by atoms with Crippen molar-refractivity contribution in [2.75, 3.05) is 37.7 Å². The Morgan fingerprint density at radius 2 is 1.85 bits per heavy atom. The van der Waals surface area contributed by atoms with Crippen molar-refractivity contribution in [3.63, 3.8) is 0 Å². The number of carbonyl (C=O) groups is 2. The van der Waals surface area contributed by atoms with Gasteiger partial charge < -0.3 is 25.0 Å². The van der Waals surface area contributed by atoms with E-state index in [4.69, 9.17) is 4.74 Å². The Hall–Kier alpha value is -2.42. The number of aliphatic hydroxyl groups excluding tert-OH is 1. The molecule has 2 amide bonds. The lowest BCUT2D eigenvalue weighted by Gasteiger charge is -2.37. The van der Waals surface area contributed by atoms with Gasteiger partial charge in [-0.1, -0.05) is 0 Å². The zero-order chi connectivity index (χ0) is 20.2. The fraction of sp³-hybridized carbons (Fsp3) is 0.556. The Bertz CT molecular complexity index is 686. The third kappa shape index (κ3) is 5.78. The fourth-order valence-corrected chi connectivity index (χ4v) is 2.76. The van der Waals surface area contributed by atoms with Gasteiger partial charge >= 0.3 is 6.09 Å². The molecule has 0 aliphatic carbocycles. The molecule has 9 heteroatoms. The van der Waals surface area contributed by atoms with Crippen LogP contribution < -0.4 is 10.2 Å². The molecule has 1 aliphatic rings. The number of hydrogen-bond acceptors (Lipinski definition) is 5. The molecule has 0 saturated carbocycles. The zero-order valence-electron chi connectivity index (χ0n) is 15.7. The molecule has 1 aromatic rings. The first-order chi connectivity index (χ1) is 12.6. The first-order valence-corrected chi connectivity index (χ1v) is 8.70. The van der Waals surface area contributed by atoms with Crippen LogP contribution in [0.3, 0.4) is 0 Å². The molecule has 0 aromatic heterocycles. The number of rotatable bonds is 4. The highest BCUT2D eigenvalue weighted by Crippen LogP contribution is 2.21. The van der Waals surface area contributed by atoms with Crippen molar-refractivity contribution in [2.45, 2.75) is 32.4 Å². The van der Waals surface area contributed by atoms with Crippen LogP contribution in [-0.4, -0.2) is 66.4 Å². The maximum atomic E-state index is 13.9. The van der Waals surface area contributed by atoms with E-state index in [1.54, 1.807) is 25.7 Å². The second-order valence-corrected chi connectivity index (χ2v) is 7.29. The van der Waals surface area contributed by atoms with Gasteiger partial charge in [0, 0.05) is 32.2 Å². The molecule has 1 unspecified atom stereocenters. The Labute approximate surface area is 156 Å². The van der Waals surface area contributed by atoms with E-state index in [-0.39, 0.29) is 18.8 Å². The number of carbonyl (C=O) groups excluding carboxylic acids is 2. The standard InChI is InChI=1S/C18H25F2N3O4/c1-18(2,3)27-17(26)21-14(11-24)16(25)23-8-6-22(7-9-23)15-5-4-12(19)10-13(15)20/h4-5,10,14,24H,6-9,11H2,1-3H3,(H,21,26). The van der Waals surface area contributed by atoms with Crippen LogP contribution in [0.25, 0.3) is 0 Å². The Balaban J connectivity index is 1.93. The second kappa shape index (κ2) is 8.51. The number of aliphatic hydroxyl groups is 1. The summed E-state index contributed by atoms with van der Waals surface area (Å²) in [5, 5.41) is 11.8.